The van der Waals surface area contributed by atoms with Crippen LogP contribution in [0.5, 0.6) is 5.75 Å². The van der Waals surface area contributed by atoms with Gasteiger partial charge >= 0.3 is 0 Å². The minimum absolute atomic E-state index is 0.0798. The average Bonchev–Trinajstić information content (AvgIpc) is 3.12. The van der Waals surface area contributed by atoms with Crippen LogP contribution in [0.4, 0.5) is 5.13 Å². The van der Waals surface area contributed by atoms with Gasteiger partial charge in [0.15, 0.2) is 5.13 Å². The summed E-state index contributed by atoms with van der Waals surface area (Å²) in [5.41, 5.74) is 3.43. The molecule has 1 aliphatic rings. The molecule has 3 aromatic rings. The van der Waals surface area contributed by atoms with E-state index in [4.69, 9.17) is 4.74 Å². The van der Waals surface area contributed by atoms with Crippen molar-refractivity contribution in [3.8, 4) is 5.75 Å². The van der Waals surface area contributed by atoms with Gasteiger partial charge < -0.3 is 10.1 Å². The number of nitrogens with one attached hydrogen (secondary N) is 1. The van der Waals surface area contributed by atoms with Crippen molar-refractivity contribution in [2.75, 3.05) is 25.0 Å². The van der Waals surface area contributed by atoms with E-state index in [-0.39, 0.29) is 5.91 Å². The van der Waals surface area contributed by atoms with Crippen molar-refractivity contribution < 1.29 is 9.53 Å². The van der Waals surface area contributed by atoms with E-state index in [1.807, 2.05) is 31.2 Å². The minimum atomic E-state index is -0.0798. The molecule has 2 aromatic carbocycles. The molecule has 1 aliphatic heterocycles. The standard InChI is InChI=1S/C24H29N3O2S/c1-17-3-6-20(7-4-17)29-14-11-23(28)26-24-25-21-8-5-19(15-22(21)30-24)16-27-12-9-18(2)10-13-27/h3-8,15,18H,9-14,16H2,1-2H3,(H,25,26,28). The number of aromatic nitrogens is 1. The maximum Gasteiger partial charge on any atom is 0.229 e. The van der Waals surface area contributed by atoms with E-state index in [2.05, 4.69) is 40.3 Å². The lowest BCUT2D eigenvalue weighted by Crippen LogP contribution is -2.32. The summed E-state index contributed by atoms with van der Waals surface area (Å²) in [4.78, 5) is 19.3. The number of benzene rings is 2. The average molecular weight is 424 g/mol. The number of aryl methyl sites for hydroxylation is 1. The lowest BCUT2D eigenvalue weighted by Gasteiger charge is -2.30. The Hall–Kier alpha value is -2.44. The molecule has 6 heteroatoms. The molecular weight excluding hydrogens is 394 g/mol. The highest BCUT2D eigenvalue weighted by Crippen LogP contribution is 2.28. The van der Waals surface area contributed by atoms with Crippen molar-refractivity contribution in [1.82, 2.24) is 9.88 Å². The summed E-state index contributed by atoms with van der Waals surface area (Å²) >= 11 is 1.53. The van der Waals surface area contributed by atoms with Crippen LogP contribution in [0.1, 0.15) is 37.3 Å². The van der Waals surface area contributed by atoms with Crippen molar-refractivity contribution in [1.29, 1.82) is 0 Å². The summed E-state index contributed by atoms with van der Waals surface area (Å²) in [7, 11) is 0. The first-order chi connectivity index (χ1) is 14.5. The van der Waals surface area contributed by atoms with Gasteiger partial charge in [0.1, 0.15) is 5.75 Å². The molecule has 0 aliphatic carbocycles. The molecule has 2 heterocycles. The Morgan fingerprint density at radius 3 is 2.73 bits per heavy atom. The second-order valence-electron chi connectivity index (χ2n) is 8.24. The number of likely N-dealkylation sites (tertiary alicyclic amines) is 1. The van der Waals surface area contributed by atoms with E-state index in [0.29, 0.717) is 18.2 Å². The largest absolute Gasteiger partial charge is 0.493 e. The summed E-state index contributed by atoms with van der Waals surface area (Å²) in [6, 6.07) is 14.3. The van der Waals surface area contributed by atoms with E-state index in [1.54, 1.807) is 0 Å². The first kappa shape index (κ1) is 20.8. The van der Waals surface area contributed by atoms with E-state index >= 15 is 0 Å². The normalized spacial score (nSPS) is 15.4. The molecule has 0 atom stereocenters. The molecule has 0 unspecified atom stereocenters. The summed E-state index contributed by atoms with van der Waals surface area (Å²) < 4.78 is 6.76. The molecule has 1 fully saturated rings. The molecule has 30 heavy (non-hydrogen) atoms. The van der Waals surface area contributed by atoms with Crippen LogP contribution < -0.4 is 10.1 Å². The fourth-order valence-electron chi connectivity index (χ4n) is 3.68. The molecule has 1 saturated heterocycles. The first-order valence-electron chi connectivity index (χ1n) is 10.7. The number of fused-ring (bicyclic) bond motifs is 1. The van der Waals surface area contributed by atoms with Gasteiger partial charge in [-0.05, 0) is 68.6 Å². The highest BCUT2D eigenvalue weighted by molar-refractivity contribution is 7.22. The number of nitrogens with zero attached hydrogens (tertiary/aromatic N) is 2. The van der Waals surface area contributed by atoms with Crippen LogP contribution in [0.15, 0.2) is 42.5 Å². The van der Waals surface area contributed by atoms with Gasteiger partial charge in [-0.1, -0.05) is 42.0 Å². The number of ether oxygens (including phenoxy) is 1. The van der Waals surface area contributed by atoms with Crippen molar-refractivity contribution in [2.45, 2.75) is 39.7 Å². The predicted octanol–water partition coefficient (Wildman–Crippen LogP) is 5.24. The number of amides is 1. The van der Waals surface area contributed by atoms with Gasteiger partial charge in [-0.25, -0.2) is 4.98 Å². The zero-order valence-electron chi connectivity index (χ0n) is 17.7. The quantitative estimate of drug-likeness (QED) is 0.564. The number of piperidine rings is 1. The summed E-state index contributed by atoms with van der Waals surface area (Å²) in [6.45, 7) is 8.05. The SMILES string of the molecule is Cc1ccc(OCCC(=O)Nc2nc3ccc(CN4CCC(C)CC4)cc3s2)cc1. The topological polar surface area (TPSA) is 54.5 Å². The van der Waals surface area contributed by atoms with Crippen molar-refractivity contribution in [2.24, 2.45) is 5.92 Å². The maximum atomic E-state index is 12.3. The van der Waals surface area contributed by atoms with Crippen molar-refractivity contribution in [3.05, 3.63) is 53.6 Å². The lowest BCUT2D eigenvalue weighted by atomic mass is 9.99. The van der Waals surface area contributed by atoms with Gasteiger partial charge in [0.25, 0.3) is 0 Å². The fourth-order valence-corrected chi connectivity index (χ4v) is 4.62. The molecule has 5 nitrogen and oxygen atoms in total. The third-order valence-corrected chi connectivity index (χ3v) is 6.53. The van der Waals surface area contributed by atoms with Crippen molar-refractivity contribution in [3.63, 3.8) is 0 Å². The number of thiazole rings is 1. The predicted molar refractivity (Wildman–Crippen MR) is 123 cm³/mol. The summed E-state index contributed by atoms with van der Waals surface area (Å²) in [5.74, 6) is 1.55. The molecule has 0 bridgehead atoms. The maximum absolute atomic E-state index is 12.3. The molecule has 0 spiro atoms. The molecule has 0 radical (unpaired) electrons. The second kappa shape index (κ2) is 9.58. The molecule has 158 valence electrons. The Kier molecular flexibility index (Phi) is 6.65. The summed E-state index contributed by atoms with van der Waals surface area (Å²) in [6.07, 6.45) is 2.86. The van der Waals surface area contributed by atoms with E-state index in [0.717, 1.165) is 28.4 Å². The highest BCUT2D eigenvalue weighted by Gasteiger charge is 2.16. The number of carbonyl (C=O) groups excluding carboxylic acids is 1. The summed E-state index contributed by atoms with van der Waals surface area (Å²) in [5, 5.41) is 3.56. The Balaban J connectivity index is 1.29. The third-order valence-electron chi connectivity index (χ3n) is 5.60. The molecule has 1 aromatic heterocycles. The van der Waals surface area contributed by atoms with Gasteiger partial charge in [-0.3, -0.25) is 9.69 Å². The van der Waals surface area contributed by atoms with Gasteiger partial charge in [-0.2, -0.15) is 0 Å². The number of hydrogen-bond acceptors (Lipinski definition) is 5. The van der Waals surface area contributed by atoms with E-state index < -0.39 is 0 Å². The zero-order valence-corrected chi connectivity index (χ0v) is 18.5. The fraction of sp³-hybridized carbons (Fsp3) is 0.417. The lowest BCUT2D eigenvalue weighted by molar-refractivity contribution is -0.116. The number of hydrogen-bond donors (Lipinski definition) is 1. The molecule has 4 rings (SSSR count). The van der Waals surface area contributed by atoms with Gasteiger partial charge in [-0.15, -0.1) is 0 Å². The second-order valence-corrected chi connectivity index (χ2v) is 9.27. The molecule has 0 saturated carbocycles. The van der Waals surface area contributed by atoms with Crippen LogP contribution in [-0.2, 0) is 11.3 Å². The Labute approximate surface area is 182 Å². The van der Waals surface area contributed by atoms with Crippen LogP contribution in [0.3, 0.4) is 0 Å². The smallest absolute Gasteiger partial charge is 0.229 e. The Bertz CT molecular complexity index is 991. The zero-order chi connectivity index (χ0) is 20.9. The van der Waals surface area contributed by atoms with E-state index in [9.17, 15) is 4.79 Å². The first-order valence-corrected chi connectivity index (χ1v) is 11.5. The van der Waals surface area contributed by atoms with Gasteiger partial charge in [0.2, 0.25) is 5.91 Å². The monoisotopic (exact) mass is 423 g/mol. The van der Waals surface area contributed by atoms with Crippen LogP contribution >= 0.6 is 11.3 Å². The Morgan fingerprint density at radius 2 is 1.97 bits per heavy atom. The molecule has 1 amide bonds. The number of anilines is 1. The molecular formula is C24H29N3O2S. The van der Waals surface area contributed by atoms with Crippen LogP contribution in [0.2, 0.25) is 0 Å². The third kappa shape index (κ3) is 5.58. The van der Waals surface area contributed by atoms with Crippen molar-refractivity contribution >= 4 is 32.6 Å². The van der Waals surface area contributed by atoms with Gasteiger partial charge in [0, 0.05) is 6.54 Å². The minimum Gasteiger partial charge on any atom is -0.493 e. The Morgan fingerprint density at radius 1 is 1.20 bits per heavy atom. The number of carbonyl (C=O) groups is 1. The molecule has 1 N–H and O–H groups in total. The highest BCUT2D eigenvalue weighted by atomic mass is 32.1. The van der Waals surface area contributed by atoms with Crippen LogP contribution in [0.25, 0.3) is 10.2 Å². The van der Waals surface area contributed by atoms with E-state index in [1.165, 1.54) is 48.4 Å². The van der Waals surface area contributed by atoms with Crippen LogP contribution in [0, 0.1) is 12.8 Å². The number of rotatable bonds is 7. The van der Waals surface area contributed by atoms with Crippen LogP contribution in [-0.4, -0.2) is 35.5 Å². The van der Waals surface area contributed by atoms with Gasteiger partial charge in [0.05, 0.1) is 23.2 Å².